The summed E-state index contributed by atoms with van der Waals surface area (Å²) in [4.78, 5) is 2.18. The van der Waals surface area contributed by atoms with E-state index in [1.54, 1.807) is 18.2 Å². The molecule has 0 aromatic heterocycles. The van der Waals surface area contributed by atoms with Gasteiger partial charge >= 0.3 is 0 Å². The number of benzene rings is 2. The average Bonchev–Trinajstić information content (AvgIpc) is 2.60. The van der Waals surface area contributed by atoms with E-state index in [0.29, 0.717) is 6.54 Å². The van der Waals surface area contributed by atoms with Crippen molar-refractivity contribution in [2.45, 2.75) is 17.4 Å². The summed E-state index contributed by atoms with van der Waals surface area (Å²) in [5.41, 5.74) is 3.32. The Bertz CT molecular complexity index is 819. The van der Waals surface area contributed by atoms with Crippen LogP contribution in [0.2, 0.25) is 0 Å². The molecule has 1 heterocycles. The molecule has 0 radical (unpaired) electrons. The van der Waals surface area contributed by atoms with Crippen molar-refractivity contribution in [1.29, 1.82) is 0 Å². The summed E-state index contributed by atoms with van der Waals surface area (Å²) in [5, 5.41) is 3.39. The molecular formula is C18H23N3O2S. The minimum Gasteiger partial charge on any atom is -0.378 e. The van der Waals surface area contributed by atoms with E-state index in [-0.39, 0.29) is 10.9 Å². The molecule has 1 unspecified atom stereocenters. The maximum absolute atomic E-state index is 12.6. The summed E-state index contributed by atoms with van der Waals surface area (Å²) < 4.78 is 28.0. The van der Waals surface area contributed by atoms with Crippen LogP contribution < -0.4 is 14.9 Å². The van der Waals surface area contributed by atoms with Crippen LogP contribution in [0.15, 0.2) is 53.4 Å². The summed E-state index contributed by atoms with van der Waals surface area (Å²) in [5.74, 6) is 0. The number of nitrogens with one attached hydrogen (secondary N) is 2. The lowest BCUT2D eigenvalue weighted by Crippen LogP contribution is -2.38. The van der Waals surface area contributed by atoms with Crippen molar-refractivity contribution >= 4 is 15.7 Å². The van der Waals surface area contributed by atoms with E-state index in [1.165, 1.54) is 11.1 Å². The second-order valence-corrected chi connectivity index (χ2v) is 7.97. The minimum absolute atomic E-state index is 0.00163. The van der Waals surface area contributed by atoms with Gasteiger partial charge in [-0.1, -0.05) is 30.3 Å². The number of anilines is 1. The third kappa shape index (κ3) is 3.61. The number of hydrogen-bond acceptors (Lipinski definition) is 4. The first kappa shape index (κ1) is 17.0. The van der Waals surface area contributed by atoms with Crippen LogP contribution in [0.4, 0.5) is 5.69 Å². The van der Waals surface area contributed by atoms with E-state index in [0.717, 1.165) is 18.7 Å². The normalized spacial score (nSPS) is 17.3. The van der Waals surface area contributed by atoms with Gasteiger partial charge in [0.1, 0.15) is 0 Å². The monoisotopic (exact) mass is 345 g/mol. The van der Waals surface area contributed by atoms with Crippen LogP contribution in [-0.4, -0.2) is 35.6 Å². The van der Waals surface area contributed by atoms with Gasteiger partial charge in [-0.15, -0.1) is 0 Å². The fourth-order valence-electron chi connectivity index (χ4n) is 2.98. The molecule has 0 bridgehead atoms. The Labute approximate surface area is 143 Å². The molecule has 2 aromatic rings. The Balaban J connectivity index is 1.76. The molecule has 1 aliphatic rings. The van der Waals surface area contributed by atoms with Gasteiger partial charge in [-0.05, 0) is 42.3 Å². The van der Waals surface area contributed by atoms with Crippen molar-refractivity contribution in [2.24, 2.45) is 0 Å². The molecule has 5 nitrogen and oxygen atoms in total. The first-order chi connectivity index (χ1) is 11.5. The molecule has 3 rings (SSSR count). The van der Waals surface area contributed by atoms with E-state index in [4.69, 9.17) is 0 Å². The summed E-state index contributed by atoms with van der Waals surface area (Å²) in [7, 11) is 0.247. The standard InChI is InChI=1S/C18H23N3O2S/c1-21(2)15-7-5-8-16(12-15)24(22,23)20-13-18-17-9-4-3-6-14(17)10-11-19-18/h3-9,12,18-20H,10-11,13H2,1-2H3. The number of sulfonamides is 1. The largest absolute Gasteiger partial charge is 0.378 e. The molecule has 1 aliphatic heterocycles. The van der Waals surface area contributed by atoms with Gasteiger partial charge in [-0.2, -0.15) is 0 Å². The van der Waals surface area contributed by atoms with Crippen LogP contribution in [0.25, 0.3) is 0 Å². The van der Waals surface area contributed by atoms with Crippen molar-refractivity contribution in [3.05, 3.63) is 59.7 Å². The highest BCUT2D eigenvalue weighted by molar-refractivity contribution is 7.89. The minimum atomic E-state index is -3.53. The van der Waals surface area contributed by atoms with Crippen LogP contribution in [0.5, 0.6) is 0 Å². The summed E-state index contributed by atoms with van der Waals surface area (Å²) in [6.45, 7) is 1.20. The van der Waals surface area contributed by atoms with Crippen LogP contribution in [-0.2, 0) is 16.4 Å². The molecule has 128 valence electrons. The zero-order valence-electron chi connectivity index (χ0n) is 14.0. The van der Waals surface area contributed by atoms with E-state index in [9.17, 15) is 8.42 Å². The van der Waals surface area contributed by atoms with E-state index < -0.39 is 10.0 Å². The summed E-state index contributed by atoms with van der Waals surface area (Å²) >= 11 is 0. The van der Waals surface area contributed by atoms with E-state index >= 15 is 0 Å². The third-order valence-corrected chi connectivity index (χ3v) is 5.76. The van der Waals surface area contributed by atoms with Gasteiger partial charge in [0.2, 0.25) is 10.0 Å². The molecule has 0 saturated heterocycles. The zero-order chi connectivity index (χ0) is 17.2. The van der Waals surface area contributed by atoms with Crippen molar-refractivity contribution in [3.8, 4) is 0 Å². The van der Waals surface area contributed by atoms with Gasteiger partial charge in [0, 0.05) is 32.4 Å². The van der Waals surface area contributed by atoms with Crippen LogP contribution >= 0.6 is 0 Å². The van der Waals surface area contributed by atoms with Crippen molar-refractivity contribution in [3.63, 3.8) is 0 Å². The van der Waals surface area contributed by atoms with Gasteiger partial charge in [0.05, 0.1) is 4.90 Å². The first-order valence-corrected chi connectivity index (χ1v) is 9.54. The number of fused-ring (bicyclic) bond motifs is 1. The van der Waals surface area contributed by atoms with Gasteiger partial charge in [-0.25, -0.2) is 13.1 Å². The van der Waals surface area contributed by atoms with Crippen molar-refractivity contribution < 1.29 is 8.42 Å². The van der Waals surface area contributed by atoms with Crippen LogP contribution in [0.3, 0.4) is 0 Å². The highest BCUT2D eigenvalue weighted by Gasteiger charge is 2.22. The molecule has 0 saturated carbocycles. The fourth-order valence-corrected chi connectivity index (χ4v) is 4.07. The van der Waals surface area contributed by atoms with E-state index in [2.05, 4.69) is 22.2 Å². The number of rotatable bonds is 5. The topological polar surface area (TPSA) is 61.4 Å². The molecule has 2 N–H and O–H groups in total. The van der Waals surface area contributed by atoms with Crippen LogP contribution in [0.1, 0.15) is 17.2 Å². The lowest BCUT2D eigenvalue weighted by Gasteiger charge is -2.27. The van der Waals surface area contributed by atoms with E-state index in [1.807, 2.05) is 37.2 Å². The molecule has 0 amide bonds. The lowest BCUT2D eigenvalue weighted by atomic mass is 9.95. The highest BCUT2D eigenvalue weighted by Crippen LogP contribution is 2.23. The van der Waals surface area contributed by atoms with Crippen molar-refractivity contribution in [2.75, 3.05) is 32.1 Å². The molecule has 0 fully saturated rings. The Hall–Kier alpha value is -1.89. The molecule has 0 spiro atoms. The molecule has 2 aromatic carbocycles. The Kier molecular flexibility index (Phi) is 4.89. The fraction of sp³-hybridized carbons (Fsp3) is 0.333. The second-order valence-electron chi connectivity index (χ2n) is 6.20. The zero-order valence-corrected chi connectivity index (χ0v) is 14.8. The quantitative estimate of drug-likeness (QED) is 0.869. The maximum Gasteiger partial charge on any atom is 0.240 e. The second kappa shape index (κ2) is 6.93. The maximum atomic E-state index is 12.6. The average molecular weight is 345 g/mol. The summed E-state index contributed by atoms with van der Waals surface area (Å²) in [6, 6.07) is 15.1. The Morgan fingerprint density at radius 2 is 1.96 bits per heavy atom. The molecule has 24 heavy (non-hydrogen) atoms. The summed E-state index contributed by atoms with van der Waals surface area (Å²) in [6.07, 6.45) is 0.976. The van der Waals surface area contributed by atoms with Gasteiger partial charge in [0.25, 0.3) is 0 Å². The lowest BCUT2D eigenvalue weighted by molar-refractivity contribution is 0.491. The third-order valence-electron chi connectivity index (χ3n) is 4.34. The van der Waals surface area contributed by atoms with Gasteiger partial charge in [0.15, 0.2) is 0 Å². The van der Waals surface area contributed by atoms with Crippen molar-refractivity contribution in [1.82, 2.24) is 10.0 Å². The van der Waals surface area contributed by atoms with Gasteiger partial charge < -0.3 is 10.2 Å². The SMILES string of the molecule is CN(C)c1cccc(S(=O)(=O)NCC2NCCc3ccccc32)c1. The van der Waals surface area contributed by atoms with Crippen LogP contribution in [0, 0.1) is 0 Å². The molecule has 6 heteroatoms. The predicted octanol–water partition coefficient (Wildman–Crippen LogP) is 1.92. The first-order valence-electron chi connectivity index (χ1n) is 8.05. The molecule has 1 atom stereocenters. The molecular weight excluding hydrogens is 322 g/mol. The highest BCUT2D eigenvalue weighted by atomic mass is 32.2. The van der Waals surface area contributed by atoms with Gasteiger partial charge in [-0.3, -0.25) is 0 Å². The molecule has 0 aliphatic carbocycles. The Morgan fingerprint density at radius 1 is 1.17 bits per heavy atom. The predicted molar refractivity (Wildman–Crippen MR) is 96.8 cm³/mol. The number of hydrogen-bond donors (Lipinski definition) is 2. The number of nitrogens with zero attached hydrogens (tertiary/aromatic N) is 1. The smallest absolute Gasteiger partial charge is 0.240 e. The Morgan fingerprint density at radius 3 is 2.75 bits per heavy atom.